The van der Waals surface area contributed by atoms with Crippen LogP contribution in [0.25, 0.3) is 0 Å². The number of halogens is 2. The number of anilines is 1. The normalized spacial score (nSPS) is 11.1. The lowest BCUT2D eigenvalue weighted by Crippen LogP contribution is -2.15. The van der Waals surface area contributed by atoms with Gasteiger partial charge < -0.3 is 4.74 Å². The fourth-order valence-electron chi connectivity index (χ4n) is 1.77. The van der Waals surface area contributed by atoms with Gasteiger partial charge in [0, 0.05) is 6.07 Å². The third-order valence-corrected chi connectivity index (χ3v) is 4.20. The molecule has 0 aromatic heterocycles. The average molecular weight is 344 g/mol. The van der Waals surface area contributed by atoms with Crippen molar-refractivity contribution in [2.75, 3.05) is 11.8 Å². The van der Waals surface area contributed by atoms with Gasteiger partial charge in [0.15, 0.2) is 5.75 Å². The maximum Gasteiger partial charge on any atom is 0.312 e. The first-order valence-corrected chi connectivity index (χ1v) is 7.54. The molecule has 1 N–H and O–H groups in total. The third-order valence-electron chi connectivity index (χ3n) is 2.86. The van der Waals surface area contributed by atoms with Crippen LogP contribution < -0.4 is 9.46 Å². The first-order valence-electron chi connectivity index (χ1n) is 6.05. The Bertz CT molecular complexity index is 850. The standard InChI is InChI=1S/C13H10F2N2O5S/c1-22-12-6-5-8(7-11(12)17(18)19)23(20,21)16-13-9(14)3-2-4-10(13)15/h2-7,16H,1H3. The number of nitrogens with zero attached hydrogens (tertiary/aromatic N) is 1. The van der Waals surface area contributed by atoms with Crippen molar-refractivity contribution in [3.05, 3.63) is 58.1 Å². The van der Waals surface area contributed by atoms with Gasteiger partial charge in [-0.3, -0.25) is 14.8 Å². The van der Waals surface area contributed by atoms with E-state index in [9.17, 15) is 27.3 Å². The fourth-order valence-corrected chi connectivity index (χ4v) is 2.86. The van der Waals surface area contributed by atoms with Gasteiger partial charge in [-0.2, -0.15) is 0 Å². The van der Waals surface area contributed by atoms with E-state index in [0.717, 1.165) is 36.4 Å². The molecule has 0 heterocycles. The lowest BCUT2D eigenvalue weighted by atomic mass is 10.3. The predicted molar refractivity (Wildman–Crippen MR) is 76.8 cm³/mol. The maximum atomic E-state index is 13.5. The van der Waals surface area contributed by atoms with Crippen molar-refractivity contribution in [1.29, 1.82) is 0 Å². The highest BCUT2D eigenvalue weighted by Gasteiger charge is 2.24. The van der Waals surface area contributed by atoms with Crippen molar-refractivity contribution in [1.82, 2.24) is 0 Å². The molecule has 0 radical (unpaired) electrons. The van der Waals surface area contributed by atoms with E-state index < -0.39 is 42.9 Å². The van der Waals surface area contributed by atoms with Gasteiger partial charge in [-0.05, 0) is 24.3 Å². The Morgan fingerprint density at radius 3 is 2.30 bits per heavy atom. The summed E-state index contributed by atoms with van der Waals surface area (Å²) < 4.78 is 57.9. The SMILES string of the molecule is COc1ccc(S(=O)(=O)Nc2c(F)cccc2F)cc1[N+](=O)[O-]. The summed E-state index contributed by atoms with van der Waals surface area (Å²) >= 11 is 0. The molecule has 2 aromatic carbocycles. The van der Waals surface area contributed by atoms with Crippen LogP contribution >= 0.6 is 0 Å². The highest BCUT2D eigenvalue weighted by Crippen LogP contribution is 2.30. The molecule has 0 aliphatic heterocycles. The lowest BCUT2D eigenvalue weighted by molar-refractivity contribution is -0.386. The van der Waals surface area contributed by atoms with E-state index in [2.05, 4.69) is 0 Å². The largest absolute Gasteiger partial charge is 0.490 e. The topological polar surface area (TPSA) is 98.5 Å². The Morgan fingerprint density at radius 1 is 1.17 bits per heavy atom. The summed E-state index contributed by atoms with van der Waals surface area (Å²) in [4.78, 5) is 9.55. The van der Waals surface area contributed by atoms with Crippen LogP contribution in [-0.2, 0) is 10.0 Å². The van der Waals surface area contributed by atoms with E-state index >= 15 is 0 Å². The number of para-hydroxylation sites is 1. The summed E-state index contributed by atoms with van der Waals surface area (Å²) in [6.07, 6.45) is 0. The van der Waals surface area contributed by atoms with Crippen LogP contribution in [0.1, 0.15) is 0 Å². The average Bonchev–Trinajstić information content (AvgIpc) is 2.50. The molecule has 0 fully saturated rings. The van der Waals surface area contributed by atoms with Crippen molar-refractivity contribution in [3.8, 4) is 5.75 Å². The number of methoxy groups -OCH3 is 1. The Hall–Kier alpha value is -2.75. The van der Waals surface area contributed by atoms with Crippen molar-refractivity contribution in [2.24, 2.45) is 0 Å². The summed E-state index contributed by atoms with van der Waals surface area (Å²) in [7, 11) is -3.25. The van der Waals surface area contributed by atoms with E-state index in [1.54, 1.807) is 4.72 Å². The van der Waals surface area contributed by atoms with Crippen LogP contribution in [0.15, 0.2) is 41.3 Å². The van der Waals surface area contributed by atoms with Crippen molar-refractivity contribution < 1.29 is 26.9 Å². The molecule has 0 saturated heterocycles. The van der Waals surface area contributed by atoms with Gasteiger partial charge in [-0.15, -0.1) is 0 Å². The van der Waals surface area contributed by atoms with E-state index in [1.165, 1.54) is 7.11 Å². The zero-order valence-electron chi connectivity index (χ0n) is 11.6. The van der Waals surface area contributed by atoms with Crippen LogP contribution in [0.3, 0.4) is 0 Å². The monoisotopic (exact) mass is 344 g/mol. The molecule has 0 aliphatic rings. The van der Waals surface area contributed by atoms with Crippen LogP contribution in [0.4, 0.5) is 20.2 Å². The van der Waals surface area contributed by atoms with Gasteiger partial charge in [-0.1, -0.05) is 6.07 Å². The number of benzene rings is 2. The second-order valence-electron chi connectivity index (χ2n) is 4.29. The molecule has 7 nitrogen and oxygen atoms in total. The molecule has 0 atom stereocenters. The van der Waals surface area contributed by atoms with Crippen molar-refractivity contribution >= 4 is 21.4 Å². The molecule has 10 heteroatoms. The number of nitro benzene ring substituents is 1. The molecular weight excluding hydrogens is 334 g/mol. The van der Waals surface area contributed by atoms with Crippen LogP contribution in [0, 0.1) is 21.7 Å². The van der Waals surface area contributed by atoms with Crippen LogP contribution in [0.5, 0.6) is 5.75 Å². The highest BCUT2D eigenvalue weighted by atomic mass is 32.2. The molecule has 0 saturated carbocycles. The van der Waals surface area contributed by atoms with E-state index in [4.69, 9.17) is 4.74 Å². The van der Waals surface area contributed by atoms with Crippen LogP contribution in [-0.4, -0.2) is 20.5 Å². The predicted octanol–water partition coefficient (Wildman–Crippen LogP) is 2.68. The molecule has 2 aromatic rings. The minimum atomic E-state index is -4.43. The summed E-state index contributed by atoms with van der Waals surface area (Å²) in [5, 5.41) is 10.9. The molecule has 0 spiro atoms. The number of nitro groups is 1. The second-order valence-corrected chi connectivity index (χ2v) is 5.98. The molecule has 0 unspecified atom stereocenters. The zero-order valence-corrected chi connectivity index (χ0v) is 12.4. The van der Waals surface area contributed by atoms with Gasteiger partial charge in [-0.25, -0.2) is 17.2 Å². The molecule has 122 valence electrons. The minimum absolute atomic E-state index is 0.147. The van der Waals surface area contributed by atoms with E-state index in [-0.39, 0.29) is 5.75 Å². The van der Waals surface area contributed by atoms with Crippen molar-refractivity contribution in [2.45, 2.75) is 4.90 Å². The highest BCUT2D eigenvalue weighted by molar-refractivity contribution is 7.92. The third kappa shape index (κ3) is 3.37. The number of rotatable bonds is 5. The first kappa shape index (κ1) is 16.6. The van der Waals surface area contributed by atoms with Crippen LogP contribution in [0.2, 0.25) is 0 Å². The lowest BCUT2D eigenvalue weighted by Gasteiger charge is -2.10. The summed E-state index contributed by atoms with van der Waals surface area (Å²) in [6, 6.07) is 5.65. The van der Waals surface area contributed by atoms with E-state index in [1.807, 2.05) is 0 Å². The maximum absolute atomic E-state index is 13.5. The van der Waals surface area contributed by atoms with Gasteiger partial charge >= 0.3 is 5.69 Å². The second kappa shape index (κ2) is 6.16. The fraction of sp³-hybridized carbons (Fsp3) is 0.0769. The van der Waals surface area contributed by atoms with Gasteiger partial charge in [0.25, 0.3) is 10.0 Å². The number of sulfonamides is 1. The number of hydrogen-bond donors (Lipinski definition) is 1. The minimum Gasteiger partial charge on any atom is -0.490 e. The van der Waals surface area contributed by atoms with Gasteiger partial charge in [0.2, 0.25) is 0 Å². The Morgan fingerprint density at radius 2 is 1.78 bits per heavy atom. The van der Waals surface area contributed by atoms with Crippen molar-refractivity contribution in [3.63, 3.8) is 0 Å². The quantitative estimate of drug-likeness (QED) is 0.664. The smallest absolute Gasteiger partial charge is 0.312 e. The summed E-state index contributed by atoms with van der Waals surface area (Å²) in [5.41, 5.74) is -1.46. The van der Waals surface area contributed by atoms with E-state index in [0.29, 0.717) is 0 Å². The number of ether oxygens (including phenoxy) is 1. The molecular formula is C13H10F2N2O5S. The summed E-state index contributed by atoms with van der Waals surface area (Å²) in [6.45, 7) is 0. The molecule has 23 heavy (non-hydrogen) atoms. The number of nitrogens with one attached hydrogen (secondary N) is 1. The molecule has 0 amide bonds. The molecule has 0 aliphatic carbocycles. The van der Waals surface area contributed by atoms with Gasteiger partial charge in [0.1, 0.15) is 17.3 Å². The van der Waals surface area contributed by atoms with Gasteiger partial charge in [0.05, 0.1) is 16.9 Å². The molecule has 0 bridgehead atoms. The number of hydrogen-bond acceptors (Lipinski definition) is 5. The first-order chi connectivity index (χ1) is 10.8. The Labute approximate surface area is 129 Å². The summed E-state index contributed by atoms with van der Waals surface area (Å²) in [5.74, 6) is -2.38. The Balaban J connectivity index is 2.48. The molecule has 2 rings (SSSR count). The zero-order chi connectivity index (χ0) is 17.2. The Kier molecular flexibility index (Phi) is 4.45.